The molecular formula is C14H24N2O3. The highest BCUT2D eigenvalue weighted by Gasteiger charge is 2.27. The smallest absolute Gasteiger partial charge is 0.234 e. The summed E-state index contributed by atoms with van der Waals surface area (Å²) < 4.78 is 5.39. The van der Waals surface area contributed by atoms with Gasteiger partial charge in [-0.15, -0.1) is 0 Å². The molecule has 1 atom stereocenters. The van der Waals surface area contributed by atoms with Crippen LogP contribution in [0.3, 0.4) is 0 Å². The van der Waals surface area contributed by atoms with Crippen LogP contribution in [0.1, 0.15) is 32.3 Å². The van der Waals surface area contributed by atoms with Gasteiger partial charge in [0.05, 0.1) is 13.1 Å². The number of aryl methyl sites for hydroxylation is 1. The second-order valence-electron chi connectivity index (χ2n) is 5.47. The van der Waals surface area contributed by atoms with E-state index in [9.17, 15) is 9.90 Å². The molecule has 1 rings (SSSR count). The van der Waals surface area contributed by atoms with Gasteiger partial charge in [-0.2, -0.15) is 0 Å². The summed E-state index contributed by atoms with van der Waals surface area (Å²) in [4.78, 5) is 13.7. The van der Waals surface area contributed by atoms with E-state index in [1.165, 1.54) is 0 Å². The molecule has 1 amide bonds. The zero-order chi connectivity index (χ0) is 14.6. The van der Waals surface area contributed by atoms with Gasteiger partial charge in [0.1, 0.15) is 17.1 Å². The van der Waals surface area contributed by atoms with Crippen LogP contribution in [0, 0.1) is 6.92 Å². The second-order valence-corrected chi connectivity index (χ2v) is 5.47. The molecule has 108 valence electrons. The van der Waals surface area contributed by atoms with E-state index < -0.39 is 5.60 Å². The number of aliphatic hydroxyl groups is 1. The van der Waals surface area contributed by atoms with E-state index in [4.69, 9.17) is 4.42 Å². The lowest BCUT2D eigenvalue weighted by Crippen LogP contribution is -2.43. The maximum atomic E-state index is 11.7. The molecule has 5 nitrogen and oxygen atoms in total. The van der Waals surface area contributed by atoms with E-state index in [-0.39, 0.29) is 12.5 Å². The van der Waals surface area contributed by atoms with Crippen LogP contribution in [0.15, 0.2) is 16.5 Å². The van der Waals surface area contributed by atoms with Gasteiger partial charge < -0.3 is 14.8 Å². The molecule has 0 aliphatic heterocycles. The number of rotatable bonds is 6. The van der Waals surface area contributed by atoms with Crippen LogP contribution in [0.4, 0.5) is 0 Å². The molecule has 0 saturated heterocycles. The first kappa shape index (κ1) is 15.7. The Morgan fingerprint density at radius 3 is 2.63 bits per heavy atom. The van der Waals surface area contributed by atoms with Gasteiger partial charge >= 0.3 is 0 Å². The van der Waals surface area contributed by atoms with Crippen molar-refractivity contribution in [2.75, 3.05) is 20.1 Å². The van der Waals surface area contributed by atoms with Crippen molar-refractivity contribution in [3.05, 3.63) is 23.7 Å². The van der Waals surface area contributed by atoms with Crippen LogP contribution in [-0.4, -0.2) is 42.1 Å². The van der Waals surface area contributed by atoms with Crippen LogP contribution in [0.25, 0.3) is 0 Å². The maximum absolute atomic E-state index is 11.7. The Balaban J connectivity index is 2.49. The first-order valence-corrected chi connectivity index (χ1v) is 6.48. The number of carbonyl (C=O) groups is 1. The molecule has 0 fully saturated rings. The van der Waals surface area contributed by atoms with E-state index in [0.717, 1.165) is 5.76 Å². The number of likely N-dealkylation sites (N-methyl/N-ethyl adjacent to an activating group) is 1. The summed E-state index contributed by atoms with van der Waals surface area (Å²) in [6.45, 7) is 7.92. The highest BCUT2D eigenvalue weighted by Crippen LogP contribution is 2.21. The minimum absolute atomic E-state index is 0.111. The minimum atomic E-state index is -1.19. The van der Waals surface area contributed by atoms with Gasteiger partial charge in [0.2, 0.25) is 5.91 Å². The van der Waals surface area contributed by atoms with Crippen molar-refractivity contribution >= 4 is 5.91 Å². The number of nitrogens with one attached hydrogen (secondary N) is 1. The van der Waals surface area contributed by atoms with E-state index in [2.05, 4.69) is 5.32 Å². The van der Waals surface area contributed by atoms with E-state index in [1.807, 2.05) is 32.7 Å². The zero-order valence-electron chi connectivity index (χ0n) is 12.4. The molecule has 1 heterocycles. The summed E-state index contributed by atoms with van der Waals surface area (Å²) in [6.07, 6.45) is 0. The monoisotopic (exact) mass is 268 g/mol. The Hall–Kier alpha value is -1.33. The Labute approximate surface area is 114 Å². The van der Waals surface area contributed by atoms with E-state index >= 15 is 0 Å². The second kappa shape index (κ2) is 6.21. The summed E-state index contributed by atoms with van der Waals surface area (Å²) in [5, 5.41) is 13.0. The van der Waals surface area contributed by atoms with Crippen molar-refractivity contribution in [2.24, 2.45) is 0 Å². The molecule has 5 heteroatoms. The Bertz CT molecular complexity index is 424. The molecule has 0 aromatic carbocycles. The Morgan fingerprint density at radius 1 is 1.53 bits per heavy atom. The number of hydrogen-bond acceptors (Lipinski definition) is 4. The molecule has 1 unspecified atom stereocenters. The van der Waals surface area contributed by atoms with Crippen LogP contribution in [0.2, 0.25) is 0 Å². The lowest BCUT2D eigenvalue weighted by Gasteiger charge is -2.24. The molecule has 2 N–H and O–H groups in total. The molecular weight excluding hydrogens is 244 g/mol. The standard InChI is InChI=1S/C14H24N2O3/c1-10(2)16(5)8-13(17)15-9-14(4,18)12-7-6-11(3)19-12/h6-7,10,18H,8-9H2,1-5H3,(H,15,17). The van der Waals surface area contributed by atoms with Gasteiger partial charge in [0.25, 0.3) is 0 Å². The first-order valence-electron chi connectivity index (χ1n) is 6.48. The van der Waals surface area contributed by atoms with E-state index in [0.29, 0.717) is 18.3 Å². The van der Waals surface area contributed by atoms with Gasteiger partial charge in [0.15, 0.2) is 0 Å². The fraction of sp³-hybridized carbons (Fsp3) is 0.643. The number of hydrogen-bond donors (Lipinski definition) is 2. The lowest BCUT2D eigenvalue weighted by molar-refractivity contribution is -0.123. The molecule has 0 aliphatic rings. The Kier molecular flexibility index (Phi) is 5.14. The highest BCUT2D eigenvalue weighted by molar-refractivity contribution is 5.78. The van der Waals surface area contributed by atoms with Crippen molar-refractivity contribution in [2.45, 2.75) is 39.3 Å². The van der Waals surface area contributed by atoms with Gasteiger partial charge in [0, 0.05) is 6.04 Å². The summed E-state index contributed by atoms with van der Waals surface area (Å²) in [7, 11) is 1.89. The third-order valence-electron chi connectivity index (χ3n) is 3.18. The van der Waals surface area contributed by atoms with Gasteiger partial charge in [-0.1, -0.05) is 0 Å². The molecule has 1 aromatic rings. The van der Waals surface area contributed by atoms with Crippen molar-refractivity contribution < 1.29 is 14.3 Å². The van der Waals surface area contributed by atoms with Crippen molar-refractivity contribution in [3.8, 4) is 0 Å². The topological polar surface area (TPSA) is 65.7 Å². The number of furan rings is 1. The molecule has 0 spiro atoms. The zero-order valence-corrected chi connectivity index (χ0v) is 12.4. The van der Waals surface area contributed by atoms with Gasteiger partial charge in [-0.3, -0.25) is 9.69 Å². The van der Waals surface area contributed by atoms with Gasteiger partial charge in [-0.05, 0) is 46.9 Å². The molecule has 0 radical (unpaired) electrons. The Morgan fingerprint density at radius 2 is 2.16 bits per heavy atom. The van der Waals surface area contributed by atoms with Crippen molar-refractivity contribution in [1.82, 2.24) is 10.2 Å². The maximum Gasteiger partial charge on any atom is 0.234 e. The first-order chi connectivity index (χ1) is 8.72. The molecule has 0 bridgehead atoms. The average molecular weight is 268 g/mol. The number of nitrogens with zero attached hydrogens (tertiary/aromatic N) is 1. The number of carbonyl (C=O) groups excluding carboxylic acids is 1. The fourth-order valence-corrected chi connectivity index (χ4v) is 1.55. The molecule has 0 saturated carbocycles. The van der Waals surface area contributed by atoms with Crippen LogP contribution < -0.4 is 5.32 Å². The SMILES string of the molecule is Cc1ccc(C(C)(O)CNC(=O)CN(C)C(C)C)o1. The minimum Gasteiger partial charge on any atom is -0.463 e. The van der Waals surface area contributed by atoms with Crippen LogP contribution >= 0.6 is 0 Å². The highest BCUT2D eigenvalue weighted by atomic mass is 16.4. The van der Waals surface area contributed by atoms with Crippen LogP contribution in [0.5, 0.6) is 0 Å². The van der Waals surface area contributed by atoms with Crippen molar-refractivity contribution in [3.63, 3.8) is 0 Å². The van der Waals surface area contributed by atoms with E-state index in [1.54, 1.807) is 19.1 Å². The summed E-state index contributed by atoms with van der Waals surface area (Å²) in [6, 6.07) is 3.82. The largest absolute Gasteiger partial charge is 0.463 e. The summed E-state index contributed by atoms with van der Waals surface area (Å²) in [5.41, 5.74) is -1.19. The third kappa shape index (κ3) is 4.69. The van der Waals surface area contributed by atoms with Crippen LogP contribution in [-0.2, 0) is 10.4 Å². The van der Waals surface area contributed by atoms with Crippen molar-refractivity contribution in [1.29, 1.82) is 0 Å². The quantitative estimate of drug-likeness (QED) is 0.815. The predicted octanol–water partition coefficient (Wildman–Crippen LogP) is 1.25. The molecule has 0 aliphatic carbocycles. The molecule has 19 heavy (non-hydrogen) atoms. The predicted molar refractivity (Wildman–Crippen MR) is 73.8 cm³/mol. The summed E-state index contributed by atoms with van der Waals surface area (Å²) >= 11 is 0. The third-order valence-corrected chi connectivity index (χ3v) is 3.18. The summed E-state index contributed by atoms with van der Waals surface area (Å²) in [5.74, 6) is 1.09. The lowest BCUT2D eigenvalue weighted by atomic mass is 10.0. The fourth-order valence-electron chi connectivity index (χ4n) is 1.55. The van der Waals surface area contributed by atoms with Gasteiger partial charge in [-0.25, -0.2) is 0 Å². The molecule has 1 aromatic heterocycles. The normalized spacial score (nSPS) is 14.7. The number of amides is 1. The average Bonchev–Trinajstić information content (AvgIpc) is 2.74.